The zero-order valence-electron chi connectivity index (χ0n) is 12.6. The molecule has 1 rings (SSSR count). The molecule has 0 atom stereocenters. The molecule has 0 fully saturated rings. The van der Waals surface area contributed by atoms with Crippen molar-refractivity contribution in [3.63, 3.8) is 0 Å². The average molecular weight is 316 g/mol. The van der Waals surface area contributed by atoms with Gasteiger partial charge in [-0.3, -0.25) is 0 Å². The summed E-state index contributed by atoms with van der Waals surface area (Å²) < 4.78 is 34.2. The summed E-state index contributed by atoms with van der Waals surface area (Å²) in [7, 11) is 0. The molecular formula is C15H22F2N2O3. The van der Waals surface area contributed by atoms with Gasteiger partial charge in [0.2, 0.25) is 0 Å². The normalized spacial score (nSPS) is 10.5. The minimum absolute atomic E-state index is 0.0736. The molecule has 124 valence electrons. The van der Waals surface area contributed by atoms with Crippen LogP contribution in [0.3, 0.4) is 0 Å². The number of urea groups is 1. The second-order valence-corrected chi connectivity index (χ2v) is 4.58. The van der Waals surface area contributed by atoms with Crippen LogP contribution in [-0.2, 0) is 4.74 Å². The highest BCUT2D eigenvalue weighted by molar-refractivity contribution is 5.90. The van der Waals surface area contributed by atoms with Crippen molar-refractivity contribution < 1.29 is 23.0 Å². The van der Waals surface area contributed by atoms with Crippen LogP contribution in [0.1, 0.15) is 26.2 Å². The van der Waals surface area contributed by atoms with Gasteiger partial charge < -0.3 is 20.1 Å². The molecule has 5 nitrogen and oxygen atoms in total. The van der Waals surface area contributed by atoms with Gasteiger partial charge in [-0.15, -0.1) is 0 Å². The van der Waals surface area contributed by atoms with E-state index in [1.54, 1.807) is 12.1 Å². The van der Waals surface area contributed by atoms with Crippen LogP contribution in [0.4, 0.5) is 19.3 Å². The van der Waals surface area contributed by atoms with Gasteiger partial charge in [0.25, 0.3) is 0 Å². The third-order valence-electron chi connectivity index (χ3n) is 2.74. The number of anilines is 1. The van der Waals surface area contributed by atoms with E-state index in [0.29, 0.717) is 19.6 Å². The summed E-state index contributed by atoms with van der Waals surface area (Å²) in [5.41, 5.74) is 0.194. The summed E-state index contributed by atoms with van der Waals surface area (Å²) >= 11 is 0. The highest BCUT2D eigenvalue weighted by Gasteiger charge is 2.10. The van der Waals surface area contributed by atoms with Gasteiger partial charge in [0.1, 0.15) is 5.75 Å². The molecule has 1 aromatic carbocycles. The SMILES string of the molecule is CCCCOCCCNC(=O)Nc1ccccc1OC(F)F. The van der Waals surface area contributed by atoms with Crippen molar-refractivity contribution in [3.8, 4) is 5.75 Å². The van der Waals surface area contributed by atoms with Crippen LogP contribution < -0.4 is 15.4 Å². The zero-order chi connectivity index (χ0) is 16.2. The molecule has 0 heterocycles. The lowest BCUT2D eigenvalue weighted by atomic mass is 10.3. The van der Waals surface area contributed by atoms with Crippen molar-refractivity contribution in [3.05, 3.63) is 24.3 Å². The van der Waals surface area contributed by atoms with Gasteiger partial charge in [-0.1, -0.05) is 25.5 Å². The number of nitrogens with one attached hydrogen (secondary N) is 2. The maximum absolute atomic E-state index is 12.2. The topological polar surface area (TPSA) is 59.6 Å². The molecule has 0 saturated heterocycles. The van der Waals surface area contributed by atoms with Crippen LogP contribution in [0.25, 0.3) is 0 Å². The first kappa shape index (κ1) is 18.2. The van der Waals surface area contributed by atoms with Crippen molar-refractivity contribution in [1.29, 1.82) is 0 Å². The summed E-state index contributed by atoms with van der Waals surface area (Å²) in [6, 6.07) is 5.55. The number of amides is 2. The Kier molecular flexibility index (Phi) is 8.90. The molecule has 0 radical (unpaired) electrons. The summed E-state index contributed by atoms with van der Waals surface area (Å²) in [6.45, 7) is 0.888. The first-order valence-electron chi connectivity index (χ1n) is 7.30. The van der Waals surface area contributed by atoms with E-state index in [1.807, 2.05) is 0 Å². The second kappa shape index (κ2) is 10.8. The number of alkyl halides is 2. The number of carbonyl (C=O) groups excluding carboxylic acids is 1. The molecule has 0 aliphatic carbocycles. The molecule has 2 N–H and O–H groups in total. The van der Waals surface area contributed by atoms with Crippen molar-refractivity contribution in [2.75, 3.05) is 25.1 Å². The van der Waals surface area contributed by atoms with Crippen LogP contribution in [0, 0.1) is 0 Å². The van der Waals surface area contributed by atoms with Gasteiger partial charge in [0, 0.05) is 19.8 Å². The number of para-hydroxylation sites is 2. The van der Waals surface area contributed by atoms with Crippen molar-refractivity contribution in [2.45, 2.75) is 32.8 Å². The highest BCUT2D eigenvalue weighted by Crippen LogP contribution is 2.25. The summed E-state index contributed by atoms with van der Waals surface area (Å²) in [5, 5.41) is 5.11. The van der Waals surface area contributed by atoms with E-state index in [9.17, 15) is 13.6 Å². The van der Waals surface area contributed by atoms with E-state index >= 15 is 0 Å². The van der Waals surface area contributed by atoms with E-state index in [1.165, 1.54) is 12.1 Å². The zero-order valence-corrected chi connectivity index (χ0v) is 12.6. The lowest BCUT2D eigenvalue weighted by Crippen LogP contribution is -2.30. The smallest absolute Gasteiger partial charge is 0.387 e. The lowest BCUT2D eigenvalue weighted by Gasteiger charge is -2.12. The van der Waals surface area contributed by atoms with E-state index in [-0.39, 0.29) is 11.4 Å². The molecule has 7 heteroatoms. The van der Waals surface area contributed by atoms with E-state index in [0.717, 1.165) is 19.4 Å². The Bertz CT molecular complexity index is 445. The first-order valence-corrected chi connectivity index (χ1v) is 7.30. The Balaban J connectivity index is 2.27. The molecule has 0 saturated carbocycles. The predicted molar refractivity (Wildman–Crippen MR) is 80.4 cm³/mol. The van der Waals surface area contributed by atoms with Crippen LogP contribution in [0.5, 0.6) is 5.75 Å². The van der Waals surface area contributed by atoms with Crippen LogP contribution in [-0.4, -0.2) is 32.4 Å². The molecule has 0 aromatic heterocycles. The van der Waals surface area contributed by atoms with Crippen molar-refractivity contribution in [2.24, 2.45) is 0 Å². The first-order chi connectivity index (χ1) is 10.6. The summed E-state index contributed by atoms with van der Waals surface area (Å²) in [6.07, 6.45) is 2.79. The second-order valence-electron chi connectivity index (χ2n) is 4.58. The van der Waals surface area contributed by atoms with Gasteiger partial charge in [-0.2, -0.15) is 8.78 Å². The number of ether oxygens (including phenoxy) is 2. The van der Waals surface area contributed by atoms with E-state index < -0.39 is 12.6 Å². The molecule has 22 heavy (non-hydrogen) atoms. The molecule has 2 amide bonds. The minimum atomic E-state index is -2.94. The molecule has 0 bridgehead atoms. The number of unbranched alkanes of at least 4 members (excludes halogenated alkanes) is 1. The van der Waals surface area contributed by atoms with Crippen molar-refractivity contribution in [1.82, 2.24) is 5.32 Å². The fourth-order valence-corrected chi connectivity index (χ4v) is 1.66. The van der Waals surface area contributed by atoms with E-state index in [4.69, 9.17) is 4.74 Å². The number of halogens is 2. The van der Waals surface area contributed by atoms with E-state index in [2.05, 4.69) is 22.3 Å². The van der Waals surface area contributed by atoms with Gasteiger partial charge in [-0.25, -0.2) is 4.79 Å². The molecule has 0 spiro atoms. The Morgan fingerprint density at radius 1 is 1.23 bits per heavy atom. The molecular weight excluding hydrogens is 294 g/mol. The summed E-state index contributed by atoms with van der Waals surface area (Å²) in [5.74, 6) is -0.0736. The number of benzene rings is 1. The Labute approximate surface area is 129 Å². The fraction of sp³-hybridized carbons (Fsp3) is 0.533. The number of hydrogen-bond donors (Lipinski definition) is 2. The van der Waals surface area contributed by atoms with Gasteiger partial charge in [-0.05, 0) is 25.0 Å². The monoisotopic (exact) mass is 316 g/mol. The fourth-order valence-electron chi connectivity index (χ4n) is 1.66. The van der Waals surface area contributed by atoms with Gasteiger partial charge in [0.15, 0.2) is 0 Å². The number of rotatable bonds is 10. The third kappa shape index (κ3) is 7.78. The molecule has 0 unspecified atom stereocenters. The quantitative estimate of drug-likeness (QED) is 0.648. The lowest BCUT2D eigenvalue weighted by molar-refractivity contribution is -0.0493. The Hall–Kier alpha value is -1.89. The average Bonchev–Trinajstić information content (AvgIpc) is 2.48. The summed E-state index contributed by atoms with van der Waals surface area (Å²) in [4.78, 5) is 11.7. The molecule has 0 aliphatic rings. The third-order valence-corrected chi connectivity index (χ3v) is 2.74. The molecule has 1 aromatic rings. The Morgan fingerprint density at radius 2 is 1.95 bits per heavy atom. The maximum atomic E-state index is 12.2. The van der Waals surface area contributed by atoms with Gasteiger partial charge in [0.05, 0.1) is 5.69 Å². The number of hydrogen-bond acceptors (Lipinski definition) is 3. The Morgan fingerprint density at radius 3 is 2.68 bits per heavy atom. The maximum Gasteiger partial charge on any atom is 0.387 e. The number of carbonyl (C=O) groups is 1. The largest absolute Gasteiger partial charge is 0.433 e. The van der Waals surface area contributed by atoms with Crippen LogP contribution >= 0.6 is 0 Å². The predicted octanol–water partition coefficient (Wildman–Crippen LogP) is 3.62. The van der Waals surface area contributed by atoms with Crippen LogP contribution in [0.2, 0.25) is 0 Å². The minimum Gasteiger partial charge on any atom is -0.433 e. The highest BCUT2D eigenvalue weighted by atomic mass is 19.3. The van der Waals surface area contributed by atoms with Crippen LogP contribution in [0.15, 0.2) is 24.3 Å². The standard InChI is InChI=1S/C15H22F2N2O3/c1-2-3-10-21-11-6-9-18-15(20)19-12-7-4-5-8-13(12)22-14(16)17/h4-5,7-8,14H,2-3,6,9-11H2,1H3,(H2,18,19,20). The van der Waals surface area contributed by atoms with Gasteiger partial charge >= 0.3 is 12.6 Å². The van der Waals surface area contributed by atoms with Crippen molar-refractivity contribution >= 4 is 11.7 Å². The molecule has 0 aliphatic heterocycles.